The molecular weight excluding hydrogens is 452 g/mol. The lowest BCUT2D eigenvalue weighted by molar-refractivity contribution is 0.0736. The molecule has 36 heavy (non-hydrogen) atoms. The maximum absolute atomic E-state index is 10.8. The van der Waals surface area contributed by atoms with Crippen molar-refractivity contribution >= 4 is 22.4 Å². The molecule has 1 aromatic heterocycles. The lowest BCUT2D eigenvalue weighted by atomic mass is 9.94. The van der Waals surface area contributed by atoms with Gasteiger partial charge < -0.3 is 25.2 Å². The third kappa shape index (κ3) is 5.25. The predicted octanol–water partition coefficient (Wildman–Crippen LogP) is 4.95. The summed E-state index contributed by atoms with van der Waals surface area (Å²) in [4.78, 5) is 8.90. The van der Waals surface area contributed by atoms with Gasteiger partial charge in [-0.25, -0.2) is 9.97 Å². The number of benzene rings is 3. The van der Waals surface area contributed by atoms with Gasteiger partial charge in [-0.2, -0.15) is 0 Å². The minimum Gasteiger partial charge on any atom is -0.495 e. The Morgan fingerprint density at radius 2 is 1.92 bits per heavy atom. The number of hydrogen-bond acceptors (Lipinski definition) is 7. The molecule has 0 bridgehead atoms. The van der Waals surface area contributed by atoms with E-state index in [9.17, 15) is 5.11 Å². The van der Waals surface area contributed by atoms with Crippen molar-refractivity contribution in [2.24, 2.45) is 0 Å². The van der Waals surface area contributed by atoms with Gasteiger partial charge in [-0.1, -0.05) is 30.0 Å². The number of anilines is 2. The molecule has 3 N–H and O–H groups in total. The summed E-state index contributed by atoms with van der Waals surface area (Å²) < 4.78 is 11.6. The summed E-state index contributed by atoms with van der Waals surface area (Å²) in [5, 5.41) is 18.2. The Labute approximate surface area is 210 Å². The van der Waals surface area contributed by atoms with Crippen LogP contribution < -0.4 is 20.1 Å². The summed E-state index contributed by atoms with van der Waals surface area (Å²) in [6.45, 7) is 3.36. The molecule has 1 aliphatic rings. The number of nitrogens with one attached hydrogen (secondary N) is 2. The molecule has 0 amide bonds. The van der Waals surface area contributed by atoms with Crippen LogP contribution in [0.25, 0.3) is 10.9 Å². The van der Waals surface area contributed by atoms with Crippen LogP contribution in [0.1, 0.15) is 24.0 Å². The molecule has 1 unspecified atom stereocenters. The first-order chi connectivity index (χ1) is 17.5. The predicted molar refractivity (Wildman–Crippen MR) is 141 cm³/mol. The van der Waals surface area contributed by atoms with Gasteiger partial charge in [0.2, 0.25) is 0 Å². The van der Waals surface area contributed by atoms with Crippen molar-refractivity contribution in [1.29, 1.82) is 0 Å². The molecule has 1 fully saturated rings. The lowest BCUT2D eigenvalue weighted by Gasteiger charge is -2.27. The highest BCUT2D eigenvalue weighted by Gasteiger charge is 2.26. The van der Waals surface area contributed by atoms with Crippen molar-refractivity contribution in [1.82, 2.24) is 15.3 Å². The standard InChI is InChI=1S/C29H28N4O3/c1-20-15-22(9-10-26(20)36-23-7-4-3-5-8-23)33-28-24-16-21(11-13-29(34)12-6-14-30-18-29)27(35-2)17-25(24)31-19-32-28/h3-5,7-10,15-17,19,30,34H,6,12,14,18H2,1-2H3,(H,31,32,33). The highest BCUT2D eigenvalue weighted by Crippen LogP contribution is 2.32. The van der Waals surface area contributed by atoms with Gasteiger partial charge in [0.25, 0.3) is 0 Å². The topological polar surface area (TPSA) is 88.5 Å². The zero-order valence-electron chi connectivity index (χ0n) is 20.3. The fourth-order valence-corrected chi connectivity index (χ4v) is 4.22. The Kier molecular flexibility index (Phi) is 6.72. The monoisotopic (exact) mass is 480 g/mol. The fourth-order valence-electron chi connectivity index (χ4n) is 4.22. The highest BCUT2D eigenvalue weighted by atomic mass is 16.5. The van der Waals surface area contributed by atoms with Crippen molar-refractivity contribution in [2.75, 3.05) is 25.5 Å². The molecule has 1 aliphatic heterocycles. The number of ether oxygens (including phenoxy) is 2. The van der Waals surface area contributed by atoms with E-state index in [1.807, 2.05) is 67.6 Å². The zero-order chi connectivity index (χ0) is 25.0. The third-order valence-corrected chi connectivity index (χ3v) is 6.16. The first kappa shape index (κ1) is 23.6. The van der Waals surface area contributed by atoms with Crippen LogP contribution >= 0.6 is 0 Å². The van der Waals surface area contributed by atoms with Crippen LogP contribution in [0.2, 0.25) is 0 Å². The normalized spacial score (nSPS) is 17.2. The van der Waals surface area contributed by atoms with Crippen LogP contribution in [0.4, 0.5) is 11.5 Å². The maximum atomic E-state index is 10.8. The van der Waals surface area contributed by atoms with Crippen LogP contribution in [0.3, 0.4) is 0 Å². The number of fused-ring (bicyclic) bond motifs is 1. The number of aromatic nitrogens is 2. The number of hydrogen-bond donors (Lipinski definition) is 3. The van der Waals surface area contributed by atoms with E-state index >= 15 is 0 Å². The fraction of sp³-hybridized carbons (Fsp3) is 0.241. The van der Waals surface area contributed by atoms with E-state index in [4.69, 9.17) is 9.47 Å². The van der Waals surface area contributed by atoms with Crippen LogP contribution in [-0.4, -0.2) is 40.9 Å². The minimum absolute atomic E-state index is 0.454. The van der Waals surface area contributed by atoms with E-state index in [2.05, 4.69) is 32.4 Å². The molecule has 0 saturated carbocycles. The number of methoxy groups -OCH3 is 1. The Morgan fingerprint density at radius 1 is 1.06 bits per heavy atom. The van der Waals surface area contributed by atoms with Gasteiger partial charge in [0.05, 0.1) is 18.2 Å². The van der Waals surface area contributed by atoms with Gasteiger partial charge in [0, 0.05) is 23.7 Å². The Hall–Kier alpha value is -4.12. The second-order valence-electron chi connectivity index (χ2n) is 8.87. The molecule has 0 radical (unpaired) electrons. The summed E-state index contributed by atoms with van der Waals surface area (Å²) in [7, 11) is 1.60. The van der Waals surface area contributed by atoms with E-state index in [1.54, 1.807) is 7.11 Å². The SMILES string of the molecule is COc1cc2ncnc(Nc3ccc(Oc4ccccc4)c(C)c3)c2cc1C#CC1(O)CCCNC1. The first-order valence-electron chi connectivity index (χ1n) is 11.9. The summed E-state index contributed by atoms with van der Waals surface area (Å²) >= 11 is 0. The second kappa shape index (κ2) is 10.2. The molecule has 5 rings (SSSR count). The molecule has 7 nitrogen and oxygen atoms in total. The minimum atomic E-state index is -1.05. The average Bonchev–Trinajstić information content (AvgIpc) is 2.90. The van der Waals surface area contributed by atoms with Gasteiger partial charge in [-0.3, -0.25) is 0 Å². The van der Waals surface area contributed by atoms with Crippen molar-refractivity contribution in [3.05, 3.63) is 78.1 Å². The number of β-amino-alcohol motifs (C(OH)–C–C–N with tert-alkyl or cyclic N) is 1. The van der Waals surface area contributed by atoms with Crippen molar-refractivity contribution in [3.63, 3.8) is 0 Å². The van der Waals surface area contributed by atoms with Gasteiger partial charge in [-0.05, 0) is 68.3 Å². The molecule has 3 aromatic carbocycles. The van der Waals surface area contributed by atoms with Gasteiger partial charge >= 0.3 is 0 Å². The van der Waals surface area contributed by atoms with Crippen LogP contribution in [-0.2, 0) is 0 Å². The lowest BCUT2D eigenvalue weighted by Crippen LogP contribution is -2.44. The molecule has 1 atom stereocenters. The second-order valence-corrected chi connectivity index (χ2v) is 8.87. The molecular formula is C29H28N4O3. The van der Waals surface area contributed by atoms with Crippen molar-refractivity contribution < 1.29 is 14.6 Å². The molecule has 2 heterocycles. The maximum Gasteiger partial charge on any atom is 0.141 e. The van der Waals surface area contributed by atoms with Gasteiger partial charge in [-0.15, -0.1) is 0 Å². The van der Waals surface area contributed by atoms with E-state index in [0.717, 1.165) is 46.6 Å². The Bertz CT molecular complexity index is 1440. The van der Waals surface area contributed by atoms with E-state index in [1.165, 1.54) is 6.33 Å². The number of aliphatic hydroxyl groups is 1. The third-order valence-electron chi connectivity index (χ3n) is 6.16. The van der Waals surface area contributed by atoms with Gasteiger partial charge in [0.15, 0.2) is 0 Å². The quantitative estimate of drug-likeness (QED) is 0.348. The molecule has 0 spiro atoms. The molecule has 7 heteroatoms. The number of para-hydroxylation sites is 1. The summed E-state index contributed by atoms with van der Waals surface area (Å²) in [5.41, 5.74) is 2.22. The summed E-state index contributed by atoms with van der Waals surface area (Å²) in [6.07, 6.45) is 3.05. The largest absolute Gasteiger partial charge is 0.495 e. The highest BCUT2D eigenvalue weighted by molar-refractivity contribution is 5.93. The van der Waals surface area contributed by atoms with E-state index < -0.39 is 5.60 Å². The van der Waals surface area contributed by atoms with Crippen LogP contribution in [0.5, 0.6) is 17.2 Å². The zero-order valence-corrected chi connectivity index (χ0v) is 20.3. The molecule has 182 valence electrons. The number of aryl methyl sites for hydroxylation is 1. The molecule has 4 aromatic rings. The summed E-state index contributed by atoms with van der Waals surface area (Å²) in [5.74, 6) is 9.01. The first-order valence-corrected chi connectivity index (χ1v) is 11.9. The number of piperidine rings is 1. The van der Waals surface area contributed by atoms with Crippen molar-refractivity contribution in [3.8, 4) is 29.1 Å². The van der Waals surface area contributed by atoms with Gasteiger partial charge in [0.1, 0.15) is 35.0 Å². The number of rotatable bonds is 5. The van der Waals surface area contributed by atoms with Crippen molar-refractivity contribution in [2.45, 2.75) is 25.4 Å². The summed E-state index contributed by atoms with van der Waals surface area (Å²) in [6, 6.07) is 19.4. The number of nitrogens with zero attached hydrogens (tertiary/aromatic N) is 2. The smallest absolute Gasteiger partial charge is 0.141 e. The van der Waals surface area contributed by atoms with Crippen LogP contribution in [0.15, 0.2) is 67.0 Å². The van der Waals surface area contributed by atoms with E-state index in [-0.39, 0.29) is 0 Å². The molecule has 0 aliphatic carbocycles. The van der Waals surface area contributed by atoms with Crippen LogP contribution in [0, 0.1) is 18.8 Å². The average molecular weight is 481 g/mol. The molecule has 1 saturated heterocycles. The van der Waals surface area contributed by atoms with E-state index in [0.29, 0.717) is 30.1 Å². The Morgan fingerprint density at radius 3 is 2.67 bits per heavy atom. The Balaban J connectivity index is 1.45.